The summed E-state index contributed by atoms with van der Waals surface area (Å²) in [6.07, 6.45) is 1.49. The average Bonchev–Trinajstić information content (AvgIpc) is 3.17. The summed E-state index contributed by atoms with van der Waals surface area (Å²) in [6, 6.07) is 9.71. The average molecular weight is 399 g/mol. The van der Waals surface area contributed by atoms with Crippen molar-refractivity contribution in [2.45, 2.75) is 20.8 Å². The zero-order chi connectivity index (χ0) is 20.4. The van der Waals surface area contributed by atoms with Gasteiger partial charge in [0.05, 0.1) is 5.02 Å². The molecule has 0 aliphatic carbocycles. The van der Waals surface area contributed by atoms with Crippen LogP contribution < -0.4 is 5.32 Å². The molecule has 0 saturated heterocycles. The molecular formula is C20H16ClFN4O2. The zero-order valence-electron chi connectivity index (χ0n) is 15.4. The maximum Gasteiger partial charge on any atom is 0.267 e. The molecule has 1 aromatic carbocycles. The number of nitrogens with one attached hydrogen (secondary N) is 1. The number of carbonyl (C=O) groups excluding carboxylic acids is 1. The van der Waals surface area contributed by atoms with Gasteiger partial charge in [0, 0.05) is 23.1 Å². The van der Waals surface area contributed by atoms with Crippen LogP contribution in [0.5, 0.6) is 0 Å². The molecule has 0 saturated carbocycles. The Morgan fingerprint density at radius 2 is 2.07 bits per heavy atom. The Labute approximate surface area is 165 Å². The largest absolute Gasteiger partial charge is 0.360 e. The van der Waals surface area contributed by atoms with E-state index in [0.29, 0.717) is 17.0 Å². The van der Waals surface area contributed by atoms with Crippen molar-refractivity contribution >= 4 is 29.4 Å². The number of amides is 1. The summed E-state index contributed by atoms with van der Waals surface area (Å²) in [5.74, 6) is -0.320. The molecule has 1 amide bonds. The van der Waals surface area contributed by atoms with Gasteiger partial charge >= 0.3 is 0 Å². The fraction of sp³-hybridized carbons (Fsp3) is 0.150. The first-order valence-electron chi connectivity index (χ1n) is 8.31. The lowest BCUT2D eigenvalue weighted by atomic mass is 10.1. The van der Waals surface area contributed by atoms with E-state index in [1.165, 1.54) is 18.2 Å². The third-order valence-electron chi connectivity index (χ3n) is 4.17. The van der Waals surface area contributed by atoms with Crippen molar-refractivity contribution in [3.8, 4) is 11.8 Å². The zero-order valence-corrected chi connectivity index (χ0v) is 16.1. The fourth-order valence-electron chi connectivity index (χ4n) is 2.87. The van der Waals surface area contributed by atoms with Gasteiger partial charge in [0.1, 0.15) is 23.2 Å². The van der Waals surface area contributed by atoms with Gasteiger partial charge in [-0.25, -0.2) is 4.39 Å². The number of anilines is 1. The molecule has 0 aliphatic heterocycles. The molecule has 3 aromatic rings. The Bertz CT molecular complexity index is 1140. The number of nitrogens with zero attached hydrogens (tertiary/aromatic N) is 3. The number of aryl methyl sites for hydroxylation is 2. The predicted molar refractivity (Wildman–Crippen MR) is 104 cm³/mol. The first-order valence-corrected chi connectivity index (χ1v) is 8.68. The number of aromatic nitrogens is 2. The highest BCUT2D eigenvalue weighted by atomic mass is 35.5. The molecule has 2 aromatic heterocycles. The molecule has 3 rings (SSSR count). The van der Waals surface area contributed by atoms with Gasteiger partial charge in [-0.3, -0.25) is 4.79 Å². The molecule has 142 valence electrons. The summed E-state index contributed by atoms with van der Waals surface area (Å²) >= 11 is 5.89. The van der Waals surface area contributed by atoms with Crippen LogP contribution >= 0.6 is 11.6 Å². The molecule has 0 fully saturated rings. The second-order valence-corrected chi connectivity index (χ2v) is 6.61. The standard InChI is InChI=1S/C20H16ClFN4O2/c1-11-6-14(13(3)26(11)16-4-5-18(22)17(21)9-16)8-15(10-23)20(27)24-19-7-12(2)28-25-19/h4-9H,1-3H3,(H,24,25,27). The number of hydrogen-bond acceptors (Lipinski definition) is 4. The minimum Gasteiger partial charge on any atom is -0.360 e. The maximum absolute atomic E-state index is 13.5. The SMILES string of the molecule is Cc1cc(NC(=O)C(C#N)=Cc2cc(C)n(-c3ccc(F)c(Cl)c3)c2C)no1. The highest BCUT2D eigenvalue weighted by molar-refractivity contribution is 6.30. The van der Waals surface area contributed by atoms with Gasteiger partial charge in [0.2, 0.25) is 0 Å². The summed E-state index contributed by atoms with van der Waals surface area (Å²) < 4.78 is 20.2. The van der Waals surface area contributed by atoms with Gasteiger partial charge in [0.25, 0.3) is 5.91 Å². The van der Waals surface area contributed by atoms with Gasteiger partial charge in [-0.2, -0.15) is 5.26 Å². The highest BCUT2D eigenvalue weighted by Gasteiger charge is 2.15. The lowest BCUT2D eigenvalue weighted by Gasteiger charge is -2.10. The Balaban J connectivity index is 1.95. The van der Waals surface area contributed by atoms with Crippen LogP contribution in [0.4, 0.5) is 10.2 Å². The van der Waals surface area contributed by atoms with Crippen LogP contribution in [0.1, 0.15) is 22.7 Å². The van der Waals surface area contributed by atoms with Crippen molar-refractivity contribution in [1.29, 1.82) is 5.26 Å². The van der Waals surface area contributed by atoms with Crippen LogP contribution in [0.15, 0.2) is 40.4 Å². The summed E-state index contributed by atoms with van der Waals surface area (Å²) in [5.41, 5.74) is 2.90. The van der Waals surface area contributed by atoms with Crippen LogP contribution in [-0.4, -0.2) is 15.6 Å². The summed E-state index contributed by atoms with van der Waals surface area (Å²) in [7, 11) is 0. The minimum atomic E-state index is -0.592. The topological polar surface area (TPSA) is 83.9 Å². The molecular weight excluding hydrogens is 383 g/mol. The molecule has 1 N–H and O–H groups in total. The first kappa shape index (κ1) is 19.4. The Hall–Kier alpha value is -3.37. The molecule has 0 aliphatic rings. The normalized spacial score (nSPS) is 11.4. The number of nitriles is 1. The maximum atomic E-state index is 13.5. The quantitative estimate of drug-likeness (QED) is 0.508. The number of rotatable bonds is 4. The lowest BCUT2D eigenvalue weighted by molar-refractivity contribution is -0.112. The van der Waals surface area contributed by atoms with E-state index >= 15 is 0 Å². The molecule has 8 heteroatoms. The van der Waals surface area contributed by atoms with E-state index in [2.05, 4.69) is 10.5 Å². The summed E-state index contributed by atoms with van der Waals surface area (Å²) in [6.45, 7) is 5.40. The smallest absolute Gasteiger partial charge is 0.267 e. The van der Waals surface area contributed by atoms with E-state index < -0.39 is 11.7 Å². The second-order valence-electron chi connectivity index (χ2n) is 6.21. The third kappa shape index (κ3) is 3.82. The molecule has 6 nitrogen and oxygen atoms in total. The monoisotopic (exact) mass is 398 g/mol. The van der Waals surface area contributed by atoms with Gasteiger partial charge in [-0.05, 0) is 56.7 Å². The minimum absolute atomic E-state index is 0.0158. The van der Waals surface area contributed by atoms with Crippen molar-refractivity contribution in [3.63, 3.8) is 0 Å². The fourth-order valence-corrected chi connectivity index (χ4v) is 3.04. The molecule has 0 radical (unpaired) electrons. The van der Waals surface area contributed by atoms with Gasteiger partial charge in [-0.1, -0.05) is 16.8 Å². The molecule has 0 bridgehead atoms. The van der Waals surface area contributed by atoms with E-state index in [0.717, 1.165) is 11.4 Å². The van der Waals surface area contributed by atoms with Gasteiger partial charge < -0.3 is 14.4 Å². The number of halogens is 2. The number of hydrogen-bond donors (Lipinski definition) is 1. The van der Waals surface area contributed by atoms with E-state index in [9.17, 15) is 14.4 Å². The Kier molecular flexibility index (Phi) is 5.34. The third-order valence-corrected chi connectivity index (χ3v) is 4.46. The number of carbonyl (C=O) groups is 1. The van der Waals surface area contributed by atoms with Crippen molar-refractivity contribution < 1.29 is 13.7 Å². The van der Waals surface area contributed by atoms with Gasteiger partial charge in [0.15, 0.2) is 5.82 Å². The van der Waals surface area contributed by atoms with Crippen LogP contribution in [0.2, 0.25) is 5.02 Å². The highest BCUT2D eigenvalue weighted by Crippen LogP contribution is 2.26. The van der Waals surface area contributed by atoms with E-state index in [-0.39, 0.29) is 16.4 Å². The Morgan fingerprint density at radius 1 is 1.32 bits per heavy atom. The molecule has 0 atom stereocenters. The van der Waals surface area contributed by atoms with Crippen LogP contribution in [0.3, 0.4) is 0 Å². The van der Waals surface area contributed by atoms with Crippen LogP contribution in [0.25, 0.3) is 11.8 Å². The molecule has 0 spiro atoms. The van der Waals surface area contributed by atoms with Crippen molar-refractivity contribution in [3.05, 3.63) is 69.5 Å². The number of benzene rings is 1. The first-order chi connectivity index (χ1) is 13.3. The van der Waals surface area contributed by atoms with Crippen molar-refractivity contribution in [2.75, 3.05) is 5.32 Å². The summed E-state index contributed by atoms with van der Waals surface area (Å²) in [5, 5.41) is 15.6. The Morgan fingerprint density at radius 3 is 2.68 bits per heavy atom. The second kappa shape index (κ2) is 7.71. The van der Waals surface area contributed by atoms with Crippen LogP contribution in [0, 0.1) is 37.9 Å². The van der Waals surface area contributed by atoms with E-state index in [1.54, 1.807) is 19.1 Å². The van der Waals surface area contributed by atoms with E-state index in [4.69, 9.17) is 16.1 Å². The lowest BCUT2D eigenvalue weighted by Crippen LogP contribution is -2.13. The van der Waals surface area contributed by atoms with Crippen molar-refractivity contribution in [2.24, 2.45) is 0 Å². The molecule has 2 heterocycles. The van der Waals surface area contributed by atoms with Crippen LogP contribution in [-0.2, 0) is 4.79 Å². The molecule has 28 heavy (non-hydrogen) atoms. The van der Waals surface area contributed by atoms with E-state index in [1.807, 2.05) is 30.6 Å². The summed E-state index contributed by atoms with van der Waals surface area (Å²) in [4.78, 5) is 12.4. The predicted octanol–water partition coefficient (Wildman–Crippen LogP) is 4.73. The van der Waals surface area contributed by atoms with Crippen molar-refractivity contribution in [1.82, 2.24) is 9.72 Å². The van der Waals surface area contributed by atoms with Gasteiger partial charge in [-0.15, -0.1) is 0 Å². The molecule has 0 unspecified atom stereocenters.